The second-order valence-electron chi connectivity index (χ2n) is 9.33. The SMILES string of the molecule is CC1CCC(C2CCC(C3CCc4cc(OC(F)(F)F)c(F)cc4O3)CC2)CC1. The van der Waals surface area contributed by atoms with Crippen LogP contribution in [0.2, 0.25) is 0 Å². The molecule has 6 heteroatoms. The maximum atomic E-state index is 14.1. The first-order valence-corrected chi connectivity index (χ1v) is 11.0. The minimum absolute atomic E-state index is 0.0311. The highest BCUT2D eigenvalue weighted by Crippen LogP contribution is 2.44. The molecule has 1 atom stereocenters. The Kier molecular flexibility index (Phi) is 5.99. The second-order valence-corrected chi connectivity index (χ2v) is 9.33. The molecule has 0 bridgehead atoms. The Hall–Kier alpha value is -1.46. The summed E-state index contributed by atoms with van der Waals surface area (Å²) in [6.45, 7) is 2.35. The highest BCUT2D eigenvalue weighted by molar-refractivity contribution is 5.43. The molecule has 0 saturated heterocycles. The first kappa shape index (κ1) is 20.8. The van der Waals surface area contributed by atoms with Crippen molar-refractivity contribution in [1.82, 2.24) is 0 Å². The standard InChI is InChI=1S/C23H30F4O2/c1-14-2-4-15(5-3-14)16-6-8-17(9-7-16)20-11-10-18-12-22(29-23(25,26)27)19(24)13-21(18)28-20/h12-17,20H,2-11H2,1H3. The molecule has 2 saturated carbocycles. The first-order valence-electron chi connectivity index (χ1n) is 11.0. The normalized spacial score (nSPS) is 32.9. The number of rotatable bonds is 3. The van der Waals surface area contributed by atoms with E-state index in [-0.39, 0.29) is 6.10 Å². The van der Waals surface area contributed by atoms with Crippen LogP contribution in [-0.4, -0.2) is 12.5 Å². The summed E-state index contributed by atoms with van der Waals surface area (Å²) in [7, 11) is 0. The maximum Gasteiger partial charge on any atom is 0.573 e. The summed E-state index contributed by atoms with van der Waals surface area (Å²) in [5.41, 5.74) is 0.590. The fourth-order valence-electron chi connectivity index (χ4n) is 5.68. The lowest BCUT2D eigenvalue weighted by Gasteiger charge is -2.40. The largest absolute Gasteiger partial charge is 0.573 e. The molecule has 0 aromatic heterocycles. The summed E-state index contributed by atoms with van der Waals surface area (Å²) in [6, 6.07) is 2.19. The Morgan fingerprint density at radius 3 is 2.07 bits per heavy atom. The molecule has 0 amide bonds. The number of benzene rings is 1. The van der Waals surface area contributed by atoms with Crippen LogP contribution in [0.25, 0.3) is 0 Å². The van der Waals surface area contributed by atoms with Crippen LogP contribution in [0, 0.1) is 29.5 Å². The van der Waals surface area contributed by atoms with Crippen molar-refractivity contribution < 1.29 is 27.0 Å². The van der Waals surface area contributed by atoms with Gasteiger partial charge in [0.05, 0.1) is 0 Å². The van der Waals surface area contributed by atoms with Gasteiger partial charge in [-0.2, -0.15) is 0 Å². The van der Waals surface area contributed by atoms with Crippen molar-refractivity contribution in [2.24, 2.45) is 23.7 Å². The van der Waals surface area contributed by atoms with E-state index in [0.29, 0.717) is 23.7 Å². The van der Waals surface area contributed by atoms with Crippen LogP contribution in [-0.2, 0) is 6.42 Å². The van der Waals surface area contributed by atoms with Gasteiger partial charge in [0.2, 0.25) is 0 Å². The van der Waals surface area contributed by atoms with Gasteiger partial charge in [-0.3, -0.25) is 0 Å². The van der Waals surface area contributed by atoms with E-state index in [1.807, 2.05) is 0 Å². The molecule has 1 aromatic rings. The molecular weight excluding hydrogens is 384 g/mol. The first-order chi connectivity index (χ1) is 13.8. The number of hydrogen-bond acceptors (Lipinski definition) is 2. The van der Waals surface area contributed by atoms with Crippen LogP contribution in [0.3, 0.4) is 0 Å². The van der Waals surface area contributed by atoms with Gasteiger partial charge < -0.3 is 9.47 Å². The van der Waals surface area contributed by atoms with Gasteiger partial charge in [-0.05, 0) is 86.7 Å². The summed E-state index contributed by atoms with van der Waals surface area (Å²) in [5, 5.41) is 0. The van der Waals surface area contributed by atoms with Crippen molar-refractivity contribution in [3.63, 3.8) is 0 Å². The lowest BCUT2D eigenvalue weighted by atomic mass is 9.68. The highest BCUT2D eigenvalue weighted by Gasteiger charge is 2.36. The third-order valence-electron chi connectivity index (χ3n) is 7.39. The van der Waals surface area contributed by atoms with Crippen molar-refractivity contribution in [3.8, 4) is 11.5 Å². The minimum atomic E-state index is -4.90. The van der Waals surface area contributed by atoms with Crippen LogP contribution in [0.4, 0.5) is 17.6 Å². The Balaban J connectivity index is 1.34. The van der Waals surface area contributed by atoms with Crippen molar-refractivity contribution in [3.05, 3.63) is 23.5 Å². The molecule has 29 heavy (non-hydrogen) atoms. The van der Waals surface area contributed by atoms with E-state index in [0.717, 1.165) is 49.1 Å². The Bertz CT molecular complexity index is 702. The molecule has 0 N–H and O–H groups in total. The maximum absolute atomic E-state index is 14.1. The van der Waals surface area contributed by atoms with Crippen LogP contribution in [0.1, 0.15) is 70.3 Å². The summed E-state index contributed by atoms with van der Waals surface area (Å²) in [4.78, 5) is 0. The third-order valence-corrected chi connectivity index (χ3v) is 7.39. The number of halogens is 4. The zero-order valence-corrected chi connectivity index (χ0v) is 16.9. The van der Waals surface area contributed by atoms with Gasteiger partial charge in [-0.15, -0.1) is 13.2 Å². The third kappa shape index (κ3) is 5.00. The highest BCUT2D eigenvalue weighted by atomic mass is 19.4. The molecule has 2 aliphatic carbocycles. The van der Waals surface area contributed by atoms with Crippen molar-refractivity contribution in [2.45, 2.75) is 83.6 Å². The van der Waals surface area contributed by atoms with Gasteiger partial charge in [-0.1, -0.05) is 19.8 Å². The van der Waals surface area contributed by atoms with E-state index in [9.17, 15) is 17.6 Å². The molecule has 1 unspecified atom stereocenters. The number of ether oxygens (including phenoxy) is 2. The number of alkyl halides is 3. The van der Waals surface area contributed by atoms with Gasteiger partial charge in [0, 0.05) is 6.07 Å². The number of fused-ring (bicyclic) bond motifs is 1. The molecular formula is C23H30F4O2. The summed E-state index contributed by atoms with van der Waals surface area (Å²) in [6.07, 6.45) is 6.68. The summed E-state index contributed by atoms with van der Waals surface area (Å²) in [5.74, 6) is 1.60. The van der Waals surface area contributed by atoms with E-state index in [2.05, 4.69) is 11.7 Å². The minimum Gasteiger partial charge on any atom is -0.490 e. The van der Waals surface area contributed by atoms with Crippen LogP contribution < -0.4 is 9.47 Å². The lowest BCUT2D eigenvalue weighted by molar-refractivity contribution is -0.275. The number of hydrogen-bond donors (Lipinski definition) is 0. The average Bonchev–Trinajstić information content (AvgIpc) is 2.68. The van der Waals surface area contributed by atoms with E-state index < -0.39 is 17.9 Å². The van der Waals surface area contributed by atoms with Crippen molar-refractivity contribution in [1.29, 1.82) is 0 Å². The summed E-state index contributed by atoms with van der Waals surface area (Å²) < 4.78 is 61.2. The van der Waals surface area contributed by atoms with Gasteiger partial charge >= 0.3 is 6.36 Å². The van der Waals surface area contributed by atoms with Gasteiger partial charge in [0.15, 0.2) is 11.6 Å². The zero-order chi connectivity index (χ0) is 20.6. The Morgan fingerprint density at radius 2 is 1.45 bits per heavy atom. The van der Waals surface area contributed by atoms with Crippen LogP contribution in [0.5, 0.6) is 11.5 Å². The van der Waals surface area contributed by atoms with Crippen LogP contribution in [0.15, 0.2) is 12.1 Å². The monoisotopic (exact) mass is 414 g/mol. The molecule has 0 spiro atoms. The lowest BCUT2D eigenvalue weighted by Crippen LogP contribution is -2.35. The van der Waals surface area contributed by atoms with E-state index in [4.69, 9.17) is 4.74 Å². The Labute approximate surface area is 170 Å². The molecule has 2 nitrogen and oxygen atoms in total. The predicted octanol–water partition coefficient (Wildman–Crippen LogP) is 7.05. The van der Waals surface area contributed by atoms with E-state index in [1.54, 1.807) is 0 Å². The number of aryl methyl sites for hydroxylation is 1. The zero-order valence-electron chi connectivity index (χ0n) is 16.9. The topological polar surface area (TPSA) is 18.5 Å². The van der Waals surface area contributed by atoms with E-state index in [1.165, 1.54) is 38.5 Å². The smallest absolute Gasteiger partial charge is 0.490 e. The molecule has 162 valence electrons. The van der Waals surface area contributed by atoms with Gasteiger partial charge in [0.1, 0.15) is 11.9 Å². The van der Waals surface area contributed by atoms with Gasteiger partial charge in [-0.25, -0.2) is 4.39 Å². The summed E-state index contributed by atoms with van der Waals surface area (Å²) >= 11 is 0. The predicted molar refractivity (Wildman–Crippen MR) is 102 cm³/mol. The average molecular weight is 414 g/mol. The second kappa shape index (κ2) is 8.35. The molecule has 1 aliphatic heterocycles. The van der Waals surface area contributed by atoms with Crippen molar-refractivity contribution in [2.75, 3.05) is 0 Å². The fourth-order valence-corrected chi connectivity index (χ4v) is 5.68. The molecule has 0 radical (unpaired) electrons. The molecule has 1 aromatic carbocycles. The van der Waals surface area contributed by atoms with Crippen molar-refractivity contribution >= 4 is 0 Å². The van der Waals surface area contributed by atoms with Gasteiger partial charge in [0.25, 0.3) is 0 Å². The fraction of sp³-hybridized carbons (Fsp3) is 0.739. The van der Waals surface area contributed by atoms with E-state index >= 15 is 0 Å². The quantitative estimate of drug-likeness (QED) is 0.493. The molecule has 2 fully saturated rings. The Morgan fingerprint density at radius 1 is 0.862 bits per heavy atom. The molecule has 1 heterocycles. The molecule has 3 aliphatic rings. The molecule has 4 rings (SSSR count). The van der Waals surface area contributed by atoms with Crippen LogP contribution >= 0.6 is 0 Å².